The summed E-state index contributed by atoms with van der Waals surface area (Å²) in [4.78, 5) is 42.8. The molecule has 8 heteroatoms. The molecule has 0 saturated heterocycles. The van der Waals surface area contributed by atoms with E-state index in [1.165, 1.54) is 11.2 Å². The lowest BCUT2D eigenvalue weighted by Crippen LogP contribution is -2.44. The van der Waals surface area contributed by atoms with Gasteiger partial charge in [0.1, 0.15) is 12.1 Å². The Kier molecular flexibility index (Phi) is 8.76. The van der Waals surface area contributed by atoms with Gasteiger partial charge in [-0.05, 0) is 42.8 Å². The Morgan fingerprint density at radius 1 is 1.00 bits per heavy atom. The number of urea groups is 1. The van der Waals surface area contributed by atoms with Gasteiger partial charge in [-0.3, -0.25) is 9.59 Å². The molecule has 0 fully saturated rings. The van der Waals surface area contributed by atoms with Crippen molar-refractivity contribution >= 4 is 44.5 Å². The summed E-state index contributed by atoms with van der Waals surface area (Å²) in [6.45, 7) is 5.91. The molecule has 1 aromatic heterocycles. The number of fused-ring (bicyclic) bond motifs is 1. The van der Waals surface area contributed by atoms with E-state index >= 15 is 0 Å². The summed E-state index contributed by atoms with van der Waals surface area (Å²) in [6.07, 6.45) is 2.97. The third kappa shape index (κ3) is 6.77. The molecule has 0 aliphatic rings. The van der Waals surface area contributed by atoms with Crippen molar-refractivity contribution in [3.05, 3.63) is 123 Å². The SMILES string of the molecule is C=CCN(CC(=O)N(Cc1ccccc1)Cc1coc2ccc(C)cc2c1=O)C(=O)Nc1cccc(Br)c1. The zero-order valence-electron chi connectivity index (χ0n) is 21.0. The monoisotopic (exact) mass is 573 g/mol. The maximum Gasteiger partial charge on any atom is 0.322 e. The van der Waals surface area contributed by atoms with Gasteiger partial charge < -0.3 is 19.5 Å². The average Bonchev–Trinajstić information content (AvgIpc) is 2.90. The molecule has 0 aliphatic carbocycles. The second kappa shape index (κ2) is 12.4. The minimum absolute atomic E-state index is 0.0368. The van der Waals surface area contributed by atoms with Crippen LogP contribution in [0.4, 0.5) is 10.5 Å². The Morgan fingerprint density at radius 3 is 2.53 bits per heavy atom. The number of nitrogens with one attached hydrogen (secondary N) is 1. The van der Waals surface area contributed by atoms with Crippen LogP contribution in [-0.2, 0) is 17.9 Å². The Labute approximate surface area is 229 Å². The number of halogens is 1. The highest BCUT2D eigenvalue weighted by Gasteiger charge is 2.23. The van der Waals surface area contributed by atoms with E-state index < -0.39 is 6.03 Å². The molecule has 1 N–H and O–H groups in total. The second-order valence-electron chi connectivity index (χ2n) is 8.93. The van der Waals surface area contributed by atoms with Crippen molar-refractivity contribution in [1.29, 1.82) is 0 Å². The van der Waals surface area contributed by atoms with E-state index in [4.69, 9.17) is 4.42 Å². The lowest BCUT2D eigenvalue weighted by Gasteiger charge is -2.27. The molecule has 0 saturated carbocycles. The molecule has 4 rings (SSSR count). The van der Waals surface area contributed by atoms with Crippen molar-refractivity contribution in [2.75, 3.05) is 18.4 Å². The summed E-state index contributed by atoms with van der Waals surface area (Å²) in [5.41, 5.74) is 3.10. The van der Waals surface area contributed by atoms with Crippen molar-refractivity contribution in [1.82, 2.24) is 9.80 Å². The van der Waals surface area contributed by atoms with Crippen molar-refractivity contribution in [3.8, 4) is 0 Å². The van der Waals surface area contributed by atoms with Crippen molar-refractivity contribution in [3.63, 3.8) is 0 Å². The van der Waals surface area contributed by atoms with Crippen LogP contribution < -0.4 is 10.7 Å². The van der Waals surface area contributed by atoms with E-state index in [1.54, 1.807) is 41.3 Å². The van der Waals surface area contributed by atoms with E-state index in [-0.39, 0.29) is 37.5 Å². The maximum atomic E-state index is 13.6. The highest BCUT2D eigenvalue weighted by Crippen LogP contribution is 2.18. The number of benzene rings is 3. The van der Waals surface area contributed by atoms with Crippen molar-refractivity contribution in [2.24, 2.45) is 0 Å². The van der Waals surface area contributed by atoms with Gasteiger partial charge in [-0.25, -0.2) is 4.79 Å². The Balaban J connectivity index is 1.59. The first-order valence-electron chi connectivity index (χ1n) is 12.1. The molecule has 0 bridgehead atoms. The molecule has 3 amide bonds. The number of anilines is 1. The first-order chi connectivity index (χ1) is 18.3. The fraction of sp³-hybridized carbons (Fsp3) is 0.167. The van der Waals surface area contributed by atoms with E-state index in [0.717, 1.165) is 15.6 Å². The molecule has 0 aliphatic heterocycles. The summed E-state index contributed by atoms with van der Waals surface area (Å²) >= 11 is 3.39. The Hall–Kier alpha value is -4.17. The third-order valence-corrected chi connectivity index (χ3v) is 6.46. The number of hydrogen-bond acceptors (Lipinski definition) is 4. The predicted molar refractivity (Wildman–Crippen MR) is 153 cm³/mol. The molecule has 0 unspecified atom stereocenters. The fourth-order valence-corrected chi connectivity index (χ4v) is 4.44. The Morgan fingerprint density at radius 2 is 1.79 bits per heavy atom. The van der Waals surface area contributed by atoms with Gasteiger partial charge in [-0.2, -0.15) is 0 Å². The van der Waals surface area contributed by atoms with Gasteiger partial charge in [0.05, 0.1) is 23.8 Å². The number of rotatable bonds is 9. The normalized spacial score (nSPS) is 10.7. The quantitative estimate of drug-likeness (QED) is 0.245. The van der Waals surface area contributed by atoms with Crippen LogP contribution in [0.25, 0.3) is 11.0 Å². The molecule has 194 valence electrons. The van der Waals surface area contributed by atoms with Crippen LogP contribution in [0.3, 0.4) is 0 Å². The van der Waals surface area contributed by atoms with Gasteiger partial charge >= 0.3 is 6.03 Å². The van der Waals surface area contributed by atoms with E-state index in [9.17, 15) is 14.4 Å². The topological polar surface area (TPSA) is 82.9 Å². The second-order valence-corrected chi connectivity index (χ2v) is 9.85. The smallest absolute Gasteiger partial charge is 0.322 e. The molecule has 0 spiro atoms. The van der Waals surface area contributed by atoms with Crippen LogP contribution in [-0.4, -0.2) is 34.8 Å². The third-order valence-electron chi connectivity index (χ3n) is 5.97. The van der Waals surface area contributed by atoms with E-state index in [1.807, 2.05) is 49.4 Å². The first-order valence-corrected chi connectivity index (χ1v) is 12.9. The van der Waals surface area contributed by atoms with Crippen LogP contribution in [0.5, 0.6) is 0 Å². The lowest BCUT2D eigenvalue weighted by atomic mass is 10.1. The van der Waals surface area contributed by atoms with Gasteiger partial charge in [0, 0.05) is 23.2 Å². The number of aryl methyl sites for hydroxylation is 1. The molecular formula is C30H28BrN3O4. The van der Waals surface area contributed by atoms with Crippen LogP contribution in [0.15, 0.2) is 105 Å². The molecular weight excluding hydrogens is 546 g/mol. The summed E-state index contributed by atoms with van der Waals surface area (Å²) in [6, 6.07) is 21.7. The molecule has 3 aromatic carbocycles. The molecule has 0 atom stereocenters. The van der Waals surface area contributed by atoms with Crippen LogP contribution >= 0.6 is 15.9 Å². The Bertz CT molecular complexity index is 1520. The number of carbonyl (C=O) groups excluding carboxylic acids is 2. The molecule has 7 nitrogen and oxygen atoms in total. The molecule has 38 heavy (non-hydrogen) atoms. The van der Waals surface area contributed by atoms with Gasteiger partial charge in [0.2, 0.25) is 5.91 Å². The van der Waals surface area contributed by atoms with Gasteiger partial charge in [0.25, 0.3) is 0 Å². The van der Waals surface area contributed by atoms with E-state index in [0.29, 0.717) is 22.2 Å². The van der Waals surface area contributed by atoms with Crippen LogP contribution in [0, 0.1) is 6.92 Å². The summed E-state index contributed by atoms with van der Waals surface area (Å²) in [5.74, 6) is -0.316. The average molecular weight is 574 g/mol. The van der Waals surface area contributed by atoms with Crippen LogP contribution in [0.1, 0.15) is 16.7 Å². The summed E-state index contributed by atoms with van der Waals surface area (Å²) < 4.78 is 6.53. The minimum Gasteiger partial charge on any atom is -0.464 e. The number of carbonyl (C=O) groups is 2. The standard InChI is InChI=1S/C30H28BrN3O4/c1-3-14-33(30(37)32-25-11-7-10-24(31)16-25)19-28(35)34(17-22-8-5-4-6-9-22)18-23-20-38-27-13-12-21(2)15-26(27)29(23)36/h3-13,15-16,20H,1,14,17-19H2,2H3,(H,32,37). The number of nitrogens with zero attached hydrogens (tertiary/aromatic N) is 2. The lowest BCUT2D eigenvalue weighted by molar-refractivity contribution is -0.133. The van der Waals surface area contributed by atoms with Gasteiger partial charge in [-0.15, -0.1) is 6.58 Å². The van der Waals surface area contributed by atoms with Gasteiger partial charge in [0.15, 0.2) is 5.43 Å². The fourth-order valence-electron chi connectivity index (χ4n) is 4.04. The molecule has 4 aromatic rings. The first kappa shape index (κ1) is 26.9. The minimum atomic E-state index is -0.434. The zero-order valence-corrected chi connectivity index (χ0v) is 22.6. The zero-order chi connectivity index (χ0) is 27.1. The highest BCUT2D eigenvalue weighted by molar-refractivity contribution is 9.10. The number of amides is 3. The summed E-state index contributed by atoms with van der Waals surface area (Å²) in [7, 11) is 0. The van der Waals surface area contributed by atoms with Crippen LogP contribution in [0.2, 0.25) is 0 Å². The summed E-state index contributed by atoms with van der Waals surface area (Å²) in [5, 5.41) is 3.29. The number of hydrogen-bond donors (Lipinski definition) is 1. The highest BCUT2D eigenvalue weighted by atomic mass is 79.9. The van der Waals surface area contributed by atoms with Gasteiger partial charge in [-0.1, -0.05) is 70.0 Å². The van der Waals surface area contributed by atoms with Crippen molar-refractivity contribution < 1.29 is 14.0 Å². The van der Waals surface area contributed by atoms with Crippen molar-refractivity contribution in [2.45, 2.75) is 20.0 Å². The maximum absolute atomic E-state index is 13.6. The molecule has 0 radical (unpaired) electrons. The predicted octanol–water partition coefficient (Wildman–Crippen LogP) is 6.11. The molecule has 1 heterocycles. The van der Waals surface area contributed by atoms with E-state index in [2.05, 4.69) is 27.8 Å². The largest absolute Gasteiger partial charge is 0.464 e.